The first-order valence-corrected chi connectivity index (χ1v) is 6.98. The van der Waals surface area contributed by atoms with Crippen molar-refractivity contribution in [3.63, 3.8) is 0 Å². The van der Waals surface area contributed by atoms with E-state index in [0.717, 1.165) is 6.07 Å². The van der Waals surface area contributed by atoms with E-state index in [1.54, 1.807) is 23.3 Å². The number of para-hydroxylation sites is 1. The molecule has 0 atom stereocenters. The van der Waals surface area contributed by atoms with Gasteiger partial charge in [-0.25, -0.2) is 22.5 Å². The fourth-order valence-corrected chi connectivity index (χ4v) is 2.72. The molecular formula is C11H13FN4O2S. The highest BCUT2D eigenvalue weighted by molar-refractivity contribution is 7.89. The molecule has 3 N–H and O–H groups in total. The average molecular weight is 284 g/mol. The molecule has 102 valence electrons. The highest BCUT2D eigenvalue weighted by atomic mass is 32.2. The van der Waals surface area contributed by atoms with Crippen LogP contribution in [0.5, 0.6) is 0 Å². The monoisotopic (exact) mass is 284 g/mol. The van der Waals surface area contributed by atoms with Gasteiger partial charge in [0.05, 0.1) is 12.0 Å². The number of sulfonamides is 1. The molecule has 2 aromatic rings. The van der Waals surface area contributed by atoms with Gasteiger partial charge in [-0.3, -0.25) is 0 Å². The maximum atomic E-state index is 13.2. The lowest BCUT2D eigenvalue weighted by Crippen LogP contribution is -2.28. The fourth-order valence-electron chi connectivity index (χ4n) is 1.56. The van der Waals surface area contributed by atoms with Crippen LogP contribution in [0.4, 0.5) is 10.1 Å². The van der Waals surface area contributed by atoms with Crippen molar-refractivity contribution in [2.45, 2.75) is 11.4 Å². The van der Waals surface area contributed by atoms with Crippen molar-refractivity contribution in [1.82, 2.24) is 14.3 Å². The SMILES string of the molecule is Nc1c(F)cccc1S(=O)(=O)NCCn1ccnc1. The summed E-state index contributed by atoms with van der Waals surface area (Å²) in [6, 6.07) is 3.67. The zero-order valence-corrected chi connectivity index (χ0v) is 10.8. The number of aromatic nitrogens is 2. The predicted molar refractivity (Wildman–Crippen MR) is 68.2 cm³/mol. The Kier molecular flexibility index (Phi) is 3.82. The van der Waals surface area contributed by atoms with E-state index in [0.29, 0.717) is 6.54 Å². The van der Waals surface area contributed by atoms with E-state index in [4.69, 9.17) is 5.73 Å². The number of nitrogens with zero attached hydrogens (tertiary/aromatic N) is 2. The first-order valence-electron chi connectivity index (χ1n) is 5.50. The van der Waals surface area contributed by atoms with Gasteiger partial charge in [0.25, 0.3) is 0 Å². The Bertz CT molecular complexity index is 655. The van der Waals surface area contributed by atoms with Crippen LogP contribution < -0.4 is 10.5 Å². The summed E-state index contributed by atoms with van der Waals surface area (Å²) in [6.07, 6.45) is 4.88. The van der Waals surface area contributed by atoms with Gasteiger partial charge in [-0.05, 0) is 12.1 Å². The number of imidazole rings is 1. The maximum Gasteiger partial charge on any atom is 0.242 e. The van der Waals surface area contributed by atoms with Crippen molar-refractivity contribution < 1.29 is 12.8 Å². The van der Waals surface area contributed by atoms with Gasteiger partial charge in [0.1, 0.15) is 10.7 Å². The zero-order chi connectivity index (χ0) is 13.9. The zero-order valence-electron chi connectivity index (χ0n) is 9.95. The van der Waals surface area contributed by atoms with Gasteiger partial charge < -0.3 is 10.3 Å². The van der Waals surface area contributed by atoms with Crippen LogP contribution in [0.1, 0.15) is 0 Å². The summed E-state index contributed by atoms with van der Waals surface area (Å²) >= 11 is 0. The minimum Gasteiger partial charge on any atom is -0.395 e. The number of hydrogen-bond donors (Lipinski definition) is 2. The number of nitrogens with one attached hydrogen (secondary N) is 1. The van der Waals surface area contributed by atoms with Gasteiger partial charge in [-0.1, -0.05) is 6.07 Å². The lowest BCUT2D eigenvalue weighted by atomic mass is 10.3. The third-order valence-corrected chi connectivity index (χ3v) is 4.04. The van der Waals surface area contributed by atoms with Gasteiger partial charge in [0.15, 0.2) is 0 Å². The second kappa shape index (κ2) is 5.37. The Hall–Kier alpha value is -1.93. The second-order valence-electron chi connectivity index (χ2n) is 3.85. The Balaban J connectivity index is 2.08. The van der Waals surface area contributed by atoms with Crippen LogP contribution in [0.15, 0.2) is 41.8 Å². The van der Waals surface area contributed by atoms with E-state index in [1.807, 2.05) is 0 Å². The summed E-state index contributed by atoms with van der Waals surface area (Å²) in [5.74, 6) is -0.752. The van der Waals surface area contributed by atoms with Crippen LogP contribution in [0.2, 0.25) is 0 Å². The topological polar surface area (TPSA) is 90.0 Å². The van der Waals surface area contributed by atoms with Crippen LogP contribution in [-0.4, -0.2) is 24.5 Å². The molecule has 19 heavy (non-hydrogen) atoms. The molecule has 2 rings (SSSR count). The molecule has 0 aliphatic carbocycles. The van der Waals surface area contributed by atoms with Gasteiger partial charge in [-0.2, -0.15) is 0 Å². The van der Waals surface area contributed by atoms with Gasteiger partial charge in [0.2, 0.25) is 10.0 Å². The molecule has 0 spiro atoms. The molecule has 0 aliphatic rings. The molecule has 8 heteroatoms. The minimum atomic E-state index is -3.82. The van der Waals surface area contributed by atoms with Crippen LogP contribution in [0.25, 0.3) is 0 Å². The third kappa shape index (κ3) is 3.09. The van der Waals surface area contributed by atoms with Gasteiger partial charge in [0, 0.05) is 25.5 Å². The quantitative estimate of drug-likeness (QED) is 0.786. The lowest BCUT2D eigenvalue weighted by Gasteiger charge is -2.09. The van der Waals surface area contributed by atoms with Gasteiger partial charge in [-0.15, -0.1) is 0 Å². The molecule has 0 saturated carbocycles. The molecule has 0 saturated heterocycles. The number of nitrogen functional groups attached to an aromatic ring is 1. The molecule has 6 nitrogen and oxygen atoms in total. The molecule has 0 bridgehead atoms. The number of halogens is 1. The molecule has 0 amide bonds. The summed E-state index contributed by atoms with van der Waals surface area (Å²) in [7, 11) is -3.82. The molecule has 0 aliphatic heterocycles. The number of nitrogens with two attached hydrogens (primary N) is 1. The molecule has 0 unspecified atom stereocenters. The summed E-state index contributed by atoms with van der Waals surface area (Å²) in [5.41, 5.74) is 5.05. The predicted octanol–water partition coefficient (Wildman–Crippen LogP) is 0.583. The van der Waals surface area contributed by atoms with Crippen molar-refractivity contribution >= 4 is 15.7 Å². The van der Waals surface area contributed by atoms with Crippen molar-refractivity contribution in [3.8, 4) is 0 Å². The number of anilines is 1. The Morgan fingerprint density at radius 2 is 2.21 bits per heavy atom. The van der Waals surface area contributed by atoms with Crippen molar-refractivity contribution in [2.75, 3.05) is 12.3 Å². The van der Waals surface area contributed by atoms with Crippen LogP contribution >= 0.6 is 0 Å². The van der Waals surface area contributed by atoms with Crippen LogP contribution in [0.3, 0.4) is 0 Å². The molecule has 1 aromatic heterocycles. The largest absolute Gasteiger partial charge is 0.395 e. The minimum absolute atomic E-state index is 0.161. The van der Waals surface area contributed by atoms with Crippen molar-refractivity contribution in [1.29, 1.82) is 0 Å². The van der Waals surface area contributed by atoms with E-state index < -0.39 is 15.8 Å². The summed E-state index contributed by atoms with van der Waals surface area (Å²) < 4.78 is 41.2. The Morgan fingerprint density at radius 1 is 1.42 bits per heavy atom. The second-order valence-corrected chi connectivity index (χ2v) is 5.59. The van der Waals surface area contributed by atoms with E-state index >= 15 is 0 Å². The van der Waals surface area contributed by atoms with Crippen LogP contribution in [-0.2, 0) is 16.6 Å². The summed E-state index contributed by atoms with van der Waals surface area (Å²) in [4.78, 5) is 3.59. The number of benzene rings is 1. The lowest BCUT2D eigenvalue weighted by molar-refractivity contribution is 0.571. The third-order valence-electron chi connectivity index (χ3n) is 2.52. The van der Waals surface area contributed by atoms with E-state index in [2.05, 4.69) is 9.71 Å². The standard InChI is InChI=1S/C11H13FN4O2S/c12-9-2-1-3-10(11(9)13)19(17,18)15-5-7-16-6-4-14-8-16/h1-4,6,8,15H,5,7,13H2. The first-order chi connectivity index (χ1) is 9.00. The molecule has 0 radical (unpaired) electrons. The van der Waals surface area contributed by atoms with E-state index in [9.17, 15) is 12.8 Å². The number of rotatable bonds is 5. The van der Waals surface area contributed by atoms with Crippen molar-refractivity contribution in [2.24, 2.45) is 0 Å². The van der Waals surface area contributed by atoms with E-state index in [1.165, 1.54) is 12.1 Å². The molecule has 1 heterocycles. The smallest absolute Gasteiger partial charge is 0.242 e. The Labute approximate surface area is 110 Å². The average Bonchev–Trinajstić information content (AvgIpc) is 2.85. The summed E-state index contributed by atoms with van der Waals surface area (Å²) in [5, 5.41) is 0. The van der Waals surface area contributed by atoms with E-state index in [-0.39, 0.29) is 17.1 Å². The summed E-state index contributed by atoms with van der Waals surface area (Å²) in [6.45, 7) is 0.586. The Morgan fingerprint density at radius 3 is 2.89 bits per heavy atom. The maximum absolute atomic E-state index is 13.2. The normalized spacial score (nSPS) is 11.6. The van der Waals surface area contributed by atoms with Gasteiger partial charge >= 0.3 is 0 Å². The first kappa shape index (κ1) is 13.5. The molecule has 0 fully saturated rings. The molecular weight excluding hydrogens is 271 g/mol. The number of hydrogen-bond acceptors (Lipinski definition) is 4. The van der Waals surface area contributed by atoms with Crippen LogP contribution in [0, 0.1) is 5.82 Å². The highest BCUT2D eigenvalue weighted by Gasteiger charge is 2.18. The highest BCUT2D eigenvalue weighted by Crippen LogP contribution is 2.20. The fraction of sp³-hybridized carbons (Fsp3) is 0.182. The molecule has 1 aromatic carbocycles. The van der Waals surface area contributed by atoms with Crippen molar-refractivity contribution in [3.05, 3.63) is 42.7 Å².